The minimum atomic E-state index is -3.72. The summed E-state index contributed by atoms with van der Waals surface area (Å²) in [5.74, 6) is -1.09. The van der Waals surface area contributed by atoms with E-state index < -0.39 is 35.1 Å². The summed E-state index contributed by atoms with van der Waals surface area (Å²) in [6, 6.07) is 12.2. The molecule has 2 aromatic carbocycles. The molecule has 1 N–H and O–H groups in total. The van der Waals surface area contributed by atoms with Gasteiger partial charge in [0, 0.05) is 13.1 Å². The Morgan fingerprint density at radius 2 is 1.71 bits per heavy atom. The molecule has 0 saturated carbocycles. The molecule has 0 aromatic heterocycles. The second-order valence-corrected chi connectivity index (χ2v) is 9.94. The molecule has 0 aliphatic carbocycles. The van der Waals surface area contributed by atoms with Crippen molar-refractivity contribution in [3.05, 3.63) is 53.1 Å². The average molecular weight is 506 g/mol. The van der Waals surface area contributed by atoms with Gasteiger partial charge in [0.15, 0.2) is 13.2 Å². The van der Waals surface area contributed by atoms with Crippen LogP contribution < -0.4 is 10.1 Å². The fourth-order valence-corrected chi connectivity index (χ4v) is 5.04. The monoisotopic (exact) mass is 505 g/mol. The fraction of sp³-hybridized carbons (Fsp3) is 0.348. The highest BCUT2D eigenvalue weighted by molar-refractivity contribution is 7.89. The topological polar surface area (TPSA) is 126 Å². The molecule has 1 aliphatic rings. The van der Waals surface area contributed by atoms with Crippen molar-refractivity contribution < 1.29 is 27.5 Å². The molecule has 9 nitrogen and oxygen atoms in total. The van der Waals surface area contributed by atoms with Crippen molar-refractivity contribution in [1.82, 2.24) is 4.31 Å². The van der Waals surface area contributed by atoms with Crippen LogP contribution in [0.1, 0.15) is 31.2 Å². The third-order valence-electron chi connectivity index (χ3n) is 5.12. The Kier molecular flexibility index (Phi) is 8.87. The van der Waals surface area contributed by atoms with E-state index in [1.807, 2.05) is 6.07 Å². The molecule has 1 saturated heterocycles. The van der Waals surface area contributed by atoms with E-state index in [0.717, 1.165) is 25.7 Å². The van der Waals surface area contributed by atoms with E-state index in [0.29, 0.717) is 24.4 Å². The molecular weight excluding hydrogens is 482 g/mol. The van der Waals surface area contributed by atoms with Gasteiger partial charge in [-0.25, -0.2) is 13.2 Å². The number of anilines is 1. The highest BCUT2D eigenvalue weighted by Gasteiger charge is 2.26. The summed E-state index contributed by atoms with van der Waals surface area (Å²) >= 11 is 6.13. The van der Waals surface area contributed by atoms with E-state index >= 15 is 0 Å². The van der Waals surface area contributed by atoms with Crippen molar-refractivity contribution in [2.75, 3.05) is 31.6 Å². The number of ether oxygens (including phenoxy) is 2. The van der Waals surface area contributed by atoms with Gasteiger partial charge in [0.1, 0.15) is 5.75 Å². The van der Waals surface area contributed by atoms with Gasteiger partial charge in [0.05, 0.1) is 27.2 Å². The van der Waals surface area contributed by atoms with Gasteiger partial charge in [-0.05, 0) is 55.3 Å². The number of hydrogen-bond donors (Lipinski definition) is 1. The lowest BCUT2D eigenvalue weighted by Gasteiger charge is -2.20. The molecule has 0 radical (unpaired) electrons. The lowest BCUT2D eigenvalue weighted by molar-refractivity contribution is -0.149. The van der Waals surface area contributed by atoms with Crippen LogP contribution in [0.2, 0.25) is 5.02 Å². The molecule has 180 valence electrons. The van der Waals surface area contributed by atoms with Crippen LogP contribution in [0, 0.1) is 11.3 Å². The molecular formula is C23H24ClN3O6S. The maximum atomic E-state index is 13.0. The van der Waals surface area contributed by atoms with E-state index in [1.165, 1.54) is 34.6 Å². The SMILES string of the molecule is N#Cc1ccc(OCC(=O)OCC(=O)Nc2cc(S(=O)(=O)N3CCCCCC3)ccc2Cl)cc1. The smallest absolute Gasteiger partial charge is 0.344 e. The highest BCUT2D eigenvalue weighted by atomic mass is 35.5. The van der Waals surface area contributed by atoms with Crippen LogP contribution in [0.15, 0.2) is 47.4 Å². The first-order chi connectivity index (χ1) is 16.3. The lowest BCUT2D eigenvalue weighted by atomic mass is 10.2. The van der Waals surface area contributed by atoms with E-state index in [4.69, 9.17) is 26.3 Å². The van der Waals surface area contributed by atoms with Crippen molar-refractivity contribution in [2.45, 2.75) is 30.6 Å². The number of nitrogens with zero attached hydrogens (tertiary/aromatic N) is 2. The third-order valence-corrected chi connectivity index (χ3v) is 7.34. The van der Waals surface area contributed by atoms with Crippen molar-refractivity contribution in [1.29, 1.82) is 5.26 Å². The molecule has 1 amide bonds. The summed E-state index contributed by atoms with van der Waals surface area (Å²) in [6.45, 7) is -0.126. The first-order valence-electron chi connectivity index (χ1n) is 10.7. The summed E-state index contributed by atoms with van der Waals surface area (Å²) in [5.41, 5.74) is 0.556. The molecule has 34 heavy (non-hydrogen) atoms. The Hall–Kier alpha value is -3.13. The predicted octanol–water partition coefficient (Wildman–Crippen LogP) is 3.34. The molecule has 0 atom stereocenters. The van der Waals surface area contributed by atoms with Crippen LogP contribution in [0.25, 0.3) is 0 Å². The minimum Gasteiger partial charge on any atom is -0.482 e. The molecule has 0 spiro atoms. The van der Waals surface area contributed by atoms with Crippen molar-refractivity contribution in [3.8, 4) is 11.8 Å². The first kappa shape index (κ1) is 25.5. The summed E-state index contributed by atoms with van der Waals surface area (Å²) in [7, 11) is -3.72. The first-order valence-corrected chi connectivity index (χ1v) is 12.5. The van der Waals surface area contributed by atoms with Gasteiger partial charge in [0.25, 0.3) is 5.91 Å². The number of nitriles is 1. The average Bonchev–Trinajstić information content (AvgIpc) is 3.13. The summed E-state index contributed by atoms with van der Waals surface area (Å²) < 4.78 is 37.6. The quantitative estimate of drug-likeness (QED) is 0.545. The fourth-order valence-electron chi connectivity index (χ4n) is 3.33. The second kappa shape index (κ2) is 11.8. The number of hydrogen-bond acceptors (Lipinski definition) is 7. The van der Waals surface area contributed by atoms with Crippen molar-refractivity contribution >= 4 is 39.2 Å². The molecule has 1 aliphatic heterocycles. The Morgan fingerprint density at radius 3 is 2.35 bits per heavy atom. The van der Waals surface area contributed by atoms with Gasteiger partial charge in [-0.2, -0.15) is 9.57 Å². The number of benzene rings is 2. The van der Waals surface area contributed by atoms with Crippen LogP contribution >= 0.6 is 11.6 Å². The van der Waals surface area contributed by atoms with Crippen molar-refractivity contribution in [2.24, 2.45) is 0 Å². The van der Waals surface area contributed by atoms with E-state index in [1.54, 1.807) is 12.1 Å². The predicted molar refractivity (Wildman–Crippen MR) is 125 cm³/mol. The number of carbonyl (C=O) groups excluding carboxylic acids is 2. The van der Waals surface area contributed by atoms with Crippen LogP contribution in [-0.4, -0.2) is 50.9 Å². The zero-order valence-electron chi connectivity index (χ0n) is 18.3. The van der Waals surface area contributed by atoms with Crippen LogP contribution in [-0.2, 0) is 24.3 Å². The van der Waals surface area contributed by atoms with Gasteiger partial charge in [-0.15, -0.1) is 0 Å². The van der Waals surface area contributed by atoms with Gasteiger partial charge in [-0.1, -0.05) is 24.4 Å². The number of carbonyl (C=O) groups is 2. The molecule has 0 unspecified atom stereocenters. The Bertz CT molecular complexity index is 1170. The zero-order valence-corrected chi connectivity index (χ0v) is 19.9. The standard InChI is InChI=1S/C23H24ClN3O6S/c24-20-10-9-19(34(30,31)27-11-3-1-2-4-12-27)13-21(20)26-22(28)15-33-23(29)16-32-18-7-5-17(14-25)6-8-18/h5-10,13H,1-4,11-12,15-16H2,(H,26,28). The summed E-state index contributed by atoms with van der Waals surface area (Å²) in [5, 5.41) is 11.4. The molecule has 2 aromatic rings. The molecule has 1 fully saturated rings. The zero-order chi connectivity index (χ0) is 24.6. The summed E-state index contributed by atoms with van der Waals surface area (Å²) in [6.07, 6.45) is 3.59. The van der Waals surface area contributed by atoms with E-state index in [-0.39, 0.29) is 15.6 Å². The number of esters is 1. The highest BCUT2D eigenvalue weighted by Crippen LogP contribution is 2.28. The van der Waals surface area contributed by atoms with Crippen molar-refractivity contribution in [3.63, 3.8) is 0 Å². The van der Waals surface area contributed by atoms with Gasteiger partial charge < -0.3 is 14.8 Å². The number of rotatable bonds is 8. The lowest BCUT2D eigenvalue weighted by Crippen LogP contribution is -2.32. The van der Waals surface area contributed by atoms with Gasteiger partial charge >= 0.3 is 5.97 Å². The second-order valence-electron chi connectivity index (χ2n) is 7.59. The van der Waals surface area contributed by atoms with Gasteiger partial charge in [0.2, 0.25) is 10.0 Å². The number of halogens is 1. The Balaban J connectivity index is 1.54. The number of nitrogens with one attached hydrogen (secondary N) is 1. The summed E-state index contributed by atoms with van der Waals surface area (Å²) in [4.78, 5) is 24.1. The largest absolute Gasteiger partial charge is 0.482 e. The normalized spacial score (nSPS) is 14.5. The maximum Gasteiger partial charge on any atom is 0.344 e. The molecule has 11 heteroatoms. The molecule has 0 bridgehead atoms. The van der Waals surface area contributed by atoms with Crippen LogP contribution in [0.4, 0.5) is 5.69 Å². The minimum absolute atomic E-state index is 0.0295. The maximum absolute atomic E-state index is 13.0. The number of amides is 1. The third kappa shape index (κ3) is 6.93. The molecule has 3 rings (SSSR count). The Labute approximate surface area is 203 Å². The van der Waals surface area contributed by atoms with Gasteiger partial charge in [-0.3, -0.25) is 4.79 Å². The van der Waals surface area contributed by atoms with E-state index in [9.17, 15) is 18.0 Å². The van der Waals surface area contributed by atoms with Crippen LogP contribution in [0.3, 0.4) is 0 Å². The van der Waals surface area contributed by atoms with E-state index in [2.05, 4.69) is 5.32 Å². The molecule has 1 heterocycles. The number of sulfonamides is 1. The Morgan fingerprint density at radius 1 is 1.03 bits per heavy atom. The van der Waals surface area contributed by atoms with Crippen LogP contribution in [0.5, 0.6) is 5.75 Å².